The Morgan fingerprint density at radius 1 is 1.16 bits per heavy atom. The van der Waals surface area contributed by atoms with Gasteiger partial charge >= 0.3 is 0 Å². The van der Waals surface area contributed by atoms with E-state index in [-0.39, 0.29) is 5.56 Å². The van der Waals surface area contributed by atoms with Crippen LogP contribution in [0.3, 0.4) is 0 Å². The van der Waals surface area contributed by atoms with Gasteiger partial charge in [-0.25, -0.2) is 8.78 Å². The summed E-state index contributed by atoms with van der Waals surface area (Å²) in [4.78, 5) is 14.8. The van der Waals surface area contributed by atoms with E-state index in [1.54, 1.807) is 36.1 Å². The van der Waals surface area contributed by atoms with Crippen molar-refractivity contribution in [3.8, 4) is 17.0 Å². The lowest BCUT2D eigenvalue weighted by molar-refractivity contribution is 0.0323. The monoisotopic (exact) mass is 442 g/mol. The molecule has 1 saturated heterocycles. The molecule has 0 bridgehead atoms. The highest BCUT2D eigenvalue weighted by atomic mass is 19.1. The number of amides is 1. The first-order valence-electron chi connectivity index (χ1n) is 10.3. The fraction of sp³-hybridized carbons (Fsp3) is 0.304. The van der Waals surface area contributed by atoms with Crippen LogP contribution >= 0.6 is 0 Å². The zero-order valence-corrected chi connectivity index (χ0v) is 17.7. The van der Waals surface area contributed by atoms with E-state index < -0.39 is 17.5 Å². The van der Waals surface area contributed by atoms with Crippen LogP contribution < -0.4 is 10.1 Å². The number of halogens is 2. The van der Waals surface area contributed by atoms with Gasteiger partial charge in [0.15, 0.2) is 0 Å². The third-order valence-electron chi connectivity index (χ3n) is 5.28. The molecule has 1 aliphatic rings. The van der Waals surface area contributed by atoms with E-state index in [2.05, 4.69) is 15.3 Å². The van der Waals surface area contributed by atoms with Crippen molar-refractivity contribution in [3.05, 3.63) is 65.9 Å². The van der Waals surface area contributed by atoms with E-state index in [0.717, 1.165) is 62.3 Å². The molecule has 9 heteroatoms. The number of morpholine rings is 1. The maximum Gasteiger partial charge on any atom is 0.258 e. The third kappa shape index (κ3) is 5.12. The summed E-state index contributed by atoms with van der Waals surface area (Å²) in [5.41, 5.74) is 1.58. The molecule has 4 rings (SSSR count). The van der Waals surface area contributed by atoms with Gasteiger partial charge in [-0.3, -0.25) is 14.4 Å². The van der Waals surface area contributed by atoms with Gasteiger partial charge in [0.05, 0.1) is 24.5 Å². The summed E-state index contributed by atoms with van der Waals surface area (Å²) < 4.78 is 40.5. The Kier molecular flexibility index (Phi) is 6.77. The van der Waals surface area contributed by atoms with Crippen LogP contribution in [-0.4, -0.2) is 60.0 Å². The van der Waals surface area contributed by atoms with Gasteiger partial charge in [0.1, 0.15) is 24.0 Å². The van der Waals surface area contributed by atoms with E-state index in [0.29, 0.717) is 18.0 Å². The molecule has 1 aliphatic heterocycles. The van der Waals surface area contributed by atoms with Crippen LogP contribution in [0.25, 0.3) is 11.3 Å². The van der Waals surface area contributed by atoms with Crippen molar-refractivity contribution < 1.29 is 23.0 Å². The van der Waals surface area contributed by atoms with Crippen LogP contribution in [0.4, 0.5) is 14.5 Å². The Bertz CT molecular complexity index is 1100. The Balaban J connectivity index is 1.53. The highest BCUT2D eigenvalue weighted by molar-refractivity contribution is 6.04. The molecule has 32 heavy (non-hydrogen) atoms. The van der Waals surface area contributed by atoms with Gasteiger partial charge in [0.25, 0.3) is 5.91 Å². The number of carbonyl (C=O) groups excluding carboxylic acids is 1. The zero-order chi connectivity index (χ0) is 22.5. The molecule has 1 N–H and O–H groups in total. The lowest BCUT2D eigenvalue weighted by atomic mass is 10.1. The standard InChI is InChI=1S/C23H24F2N4O3/c1-28-21(6-7-26-28)19-15-17(27-23(30)18-14-16(24)2-4-20(18)25)3-5-22(19)32-13-10-29-8-11-31-12-9-29/h2-7,14-15H,8-13H2,1H3,(H,27,30). The fourth-order valence-corrected chi connectivity index (χ4v) is 3.55. The summed E-state index contributed by atoms with van der Waals surface area (Å²) in [5, 5.41) is 6.84. The molecule has 1 fully saturated rings. The first kappa shape index (κ1) is 21.9. The van der Waals surface area contributed by atoms with Gasteiger partial charge in [-0.15, -0.1) is 0 Å². The second-order valence-corrected chi connectivity index (χ2v) is 7.43. The van der Waals surface area contributed by atoms with Gasteiger partial charge in [0, 0.05) is 44.1 Å². The van der Waals surface area contributed by atoms with Crippen LogP contribution in [0.2, 0.25) is 0 Å². The van der Waals surface area contributed by atoms with E-state index in [4.69, 9.17) is 9.47 Å². The van der Waals surface area contributed by atoms with Gasteiger partial charge < -0.3 is 14.8 Å². The first-order valence-corrected chi connectivity index (χ1v) is 10.3. The minimum atomic E-state index is -0.793. The predicted octanol–water partition coefficient (Wildman–Crippen LogP) is 3.33. The van der Waals surface area contributed by atoms with Gasteiger partial charge in [-0.2, -0.15) is 5.10 Å². The Morgan fingerprint density at radius 2 is 1.97 bits per heavy atom. The number of nitrogens with zero attached hydrogens (tertiary/aromatic N) is 3. The number of carbonyl (C=O) groups is 1. The van der Waals surface area contributed by atoms with Crippen molar-refractivity contribution in [2.24, 2.45) is 7.05 Å². The molecular weight excluding hydrogens is 418 g/mol. The van der Waals surface area contributed by atoms with Crippen molar-refractivity contribution >= 4 is 11.6 Å². The summed E-state index contributed by atoms with van der Waals surface area (Å²) >= 11 is 0. The minimum absolute atomic E-state index is 0.363. The largest absolute Gasteiger partial charge is 0.492 e. The molecule has 7 nitrogen and oxygen atoms in total. The maximum absolute atomic E-state index is 14.0. The topological polar surface area (TPSA) is 68.6 Å². The third-order valence-corrected chi connectivity index (χ3v) is 5.28. The molecule has 2 heterocycles. The van der Waals surface area contributed by atoms with Gasteiger partial charge in [-0.05, 0) is 42.5 Å². The number of hydrogen-bond acceptors (Lipinski definition) is 5. The molecule has 1 aromatic heterocycles. The molecule has 0 radical (unpaired) electrons. The smallest absolute Gasteiger partial charge is 0.258 e. The minimum Gasteiger partial charge on any atom is -0.492 e. The van der Waals surface area contributed by atoms with Crippen molar-refractivity contribution in [2.45, 2.75) is 0 Å². The molecule has 0 unspecified atom stereocenters. The van der Waals surface area contributed by atoms with Gasteiger partial charge in [0.2, 0.25) is 0 Å². The second kappa shape index (κ2) is 9.88. The number of nitrogens with one attached hydrogen (secondary N) is 1. The number of rotatable bonds is 7. The molecule has 1 amide bonds. The Morgan fingerprint density at radius 3 is 2.72 bits per heavy atom. The van der Waals surface area contributed by atoms with Crippen molar-refractivity contribution in [1.29, 1.82) is 0 Å². The summed E-state index contributed by atoms with van der Waals surface area (Å²) in [7, 11) is 1.81. The van der Waals surface area contributed by atoms with Gasteiger partial charge in [-0.1, -0.05) is 0 Å². The lowest BCUT2D eigenvalue weighted by Gasteiger charge is -2.26. The number of aromatic nitrogens is 2. The summed E-state index contributed by atoms with van der Waals surface area (Å²) in [6.07, 6.45) is 1.67. The summed E-state index contributed by atoms with van der Waals surface area (Å²) in [6, 6.07) is 9.75. The molecular formula is C23H24F2N4O3. The van der Waals surface area contributed by atoms with Crippen molar-refractivity contribution in [3.63, 3.8) is 0 Å². The number of hydrogen-bond donors (Lipinski definition) is 1. The molecule has 0 atom stereocenters. The SMILES string of the molecule is Cn1nccc1-c1cc(NC(=O)c2cc(F)ccc2F)ccc1OCCN1CCOCC1. The van der Waals surface area contributed by atoms with Crippen LogP contribution in [-0.2, 0) is 11.8 Å². The molecule has 0 aliphatic carbocycles. The Labute approximate surface area is 184 Å². The molecule has 0 spiro atoms. The van der Waals surface area contributed by atoms with Crippen molar-refractivity contribution in [1.82, 2.24) is 14.7 Å². The molecule has 168 valence electrons. The van der Waals surface area contributed by atoms with E-state index in [9.17, 15) is 13.6 Å². The van der Waals surface area contributed by atoms with E-state index in [1.165, 1.54) is 0 Å². The van der Waals surface area contributed by atoms with Crippen molar-refractivity contribution in [2.75, 3.05) is 44.8 Å². The maximum atomic E-state index is 14.0. The summed E-state index contributed by atoms with van der Waals surface area (Å²) in [5.74, 6) is -1.58. The molecule has 3 aromatic rings. The van der Waals surface area contributed by atoms with E-state index >= 15 is 0 Å². The van der Waals surface area contributed by atoms with Crippen LogP contribution in [0, 0.1) is 11.6 Å². The first-order chi connectivity index (χ1) is 15.5. The van der Waals surface area contributed by atoms with Crippen LogP contribution in [0.1, 0.15) is 10.4 Å². The second-order valence-electron chi connectivity index (χ2n) is 7.43. The van der Waals surface area contributed by atoms with E-state index in [1.807, 2.05) is 6.07 Å². The highest BCUT2D eigenvalue weighted by Gasteiger charge is 2.17. The predicted molar refractivity (Wildman–Crippen MR) is 116 cm³/mol. The van der Waals surface area contributed by atoms with Crippen LogP contribution in [0.15, 0.2) is 48.7 Å². The number of benzene rings is 2. The molecule has 2 aromatic carbocycles. The Hall–Kier alpha value is -3.30. The average Bonchev–Trinajstić information content (AvgIpc) is 3.22. The lowest BCUT2D eigenvalue weighted by Crippen LogP contribution is -2.38. The quantitative estimate of drug-likeness (QED) is 0.608. The average molecular weight is 442 g/mol. The van der Waals surface area contributed by atoms with Crippen LogP contribution in [0.5, 0.6) is 5.75 Å². The number of aryl methyl sites for hydroxylation is 1. The highest BCUT2D eigenvalue weighted by Crippen LogP contribution is 2.32. The normalized spacial score (nSPS) is 14.3. The summed E-state index contributed by atoms with van der Waals surface area (Å²) in [6.45, 7) is 4.46. The zero-order valence-electron chi connectivity index (χ0n) is 17.7. The fourth-order valence-electron chi connectivity index (χ4n) is 3.55. The number of ether oxygens (including phenoxy) is 2. The molecule has 0 saturated carbocycles. The number of anilines is 1.